The van der Waals surface area contributed by atoms with Gasteiger partial charge < -0.3 is 5.11 Å². The van der Waals surface area contributed by atoms with Crippen molar-refractivity contribution >= 4 is 10.0 Å². The van der Waals surface area contributed by atoms with Crippen molar-refractivity contribution in [2.75, 3.05) is 13.6 Å². The topological polar surface area (TPSA) is 57.6 Å². The van der Waals surface area contributed by atoms with Gasteiger partial charge in [-0.1, -0.05) is 26.0 Å². The second-order valence-electron chi connectivity index (χ2n) is 5.95. The van der Waals surface area contributed by atoms with E-state index in [4.69, 9.17) is 0 Å². The number of rotatable bonds is 6. The molecule has 0 saturated heterocycles. The van der Waals surface area contributed by atoms with Gasteiger partial charge in [0.15, 0.2) is 0 Å². The van der Waals surface area contributed by atoms with Gasteiger partial charge in [-0.15, -0.1) is 0 Å². The molecular formula is C15H25NO3S. The first kappa shape index (κ1) is 17.1. The maximum absolute atomic E-state index is 12.4. The van der Waals surface area contributed by atoms with Crippen LogP contribution < -0.4 is 0 Å². The van der Waals surface area contributed by atoms with E-state index in [2.05, 4.69) is 13.8 Å². The van der Waals surface area contributed by atoms with Crippen LogP contribution in [0.25, 0.3) is 0 Å². The van der Waals surface area contributed by atoms with E-state index in [-0.39, 0.29) is 11.4 Å². The minimum atomic E-state index is -3.55. The highest BCUT2D eigenvalue weighted by molar-refractivity contribution is 7.89. The van der Waals surface area contributed by atoms with Crippen LogP contribution in [-0.2, 0) is 10.0 Å². The first-order valence-corrected chi connectivity index (χ1v) is 8.30. The third-order valence-electron chi connectivity index (χ3n) is 3.38. The quantitative estimate of drug-likeness (QED) is 0.878. The monoisotopic (exact) mass is 299 g/mol. The maximum Gasteiger partial charge on any atom is 0.242 e. The summed E-state index contributed by atoms with van der Waals surface area (Å²) in [5.41, 5.74) is 0.0787. The van der Waals surface area contributed by atoms with Crippen LogP contribution in [0, 0.1) is 0 Å². The van der Waals surface area contributed by atoms with Gasteiger partial charge in [-0.2, -0.15) is 4.31 Å². The summed E-state index contributed by atoms with van der Waals surface area (Å²) < 4.78 is 25.9. The van der Waals surface area contributed by atoms with Crippen molar-refractivity contribution in [3.8, 4) is 0 Å². The standard InChI is InChI=1S/C15H25NO3S/c1-6-12(2)13-7-9-14(10-8-13)20(18,19)16(5)11-15(3,4)17/h7-10,12,17H,6,11H2,1-5H3. The Morgan fingerprint density at radius 3 is 2.15 bits per heavy atom. The van der Waals surface area contributed by atoms with Crippen molar-refractivity contribution in [2.45, 2.75) is 50.5 Å². The van der Waals surface area contributed by atoms with Gasteiger partial charge in [0, 0.05) is 13.6 Å². The van der Waals surface area contributed by atoms with Crippen molar-refractivity contribution in [3.05, 3.63) is 29.8 Å². The molecule has 0 spiro atoms. The lowest BCUT2D eigenvalue weighted by Gasteiger charge is -2.25. The summed E-state index contributed by atoms with van der Waals surface area (Å²) in [4.78, 5) is 0.260. The molecule has 0 aromatic heterocycles. The number of aliphatic hydroxyl groups is 1. The Hall–Kier alpha value is -0.910. The summed E-state index contributed by atoms with van der Waals surface area (Å²) in [5, 5.41) is 9.74. The lowest BCUT2D eigenvalue weighted by atomic mass is 9.99. The summed E-state index contributed by atoms with van der Waals surface area (Å²) >= 11 is 0. The molecule has 1 aromatic rings. The average Bonchev–Trinajstić information content (AvgIpc) is 2.36. The third kappa shape index (κ3) is 4.30. The fourth-order valence-corrected chi connectivity index (χ4v) is 3.34. The van der Waals surface area contributed by atoms with Crippen LogP contribution in [0.15, 0.2) is 29.2 Å². The van der Waals surface area contributed by atoms with E-state index in [9.17, 15) is 13.5 Å². The van der Waals surface area contributed by atoms with Crippen LogP contribution in [0.4, 0.5) is 0 Å². The lowest BCUT2D eigenvalue weighted by Crippen LogP contribution is -2.39. The molecule has 0 fully saturated rings. The summed E-state index contributed by atoms with van der Waals surface area (Å²) in [7, 11) is -2.07. The molecule has 0 saturated carbocycles. The molecule has 4 nitrogen and oxygen atoms in total. The van der Waals surface area contributed by atoms with E-state index in [0.29, 0.717) is 5.92 Å². The van der Waals surface area contributed by atoms with E-state index in [1.807, 2.05) is 12.1 Å². The molecule has 0 heterocycles. The number of likely N-dealkylation sites (N-methyl/N-ethyl adjacent to an activating group) is 1. The van der Waals surface area contributed by atoms with Crippen LogP contribution >= 0.6 is 0 Å². The van der Waals surface area contributed by atoms with E-state index in [1.54, 1.807) is 26.0 Å². The minimum absolute atomic E-state index is 0.0580. The van der Waals surface area contributed by atoms with Gasteiger partial charge in [-0.3, -0.25) is 0 Å². The third-order valence-corrected chi connectivity index (χ3v) is 5.20. The molecule has 1 N–H and O–H groups in total. The number of hydrogen-bond donors (Lipinski definition) is 1. The molecule has 0 amide bonds. The molecule has 0 radical (unpaired) electrons. The van der Waals surface area contributed by atoms with Crippen LogP contribution in [0.3, 0.4) is 0 Å². The Labute approximate surface area is 122 Å². The molecule has 0 aliphatic carbocycles. The average molecular weight is 299 g/mol. The highest BCUT2D eigenvalue weighted by Gasteiger charge is 2.26. The van der Waals surface area contributed by atoms with Crippen molar-refractivity contribution in [1.82, 2.24) is 4.31 Å². The molecule has 20 heavy (non-hydrogen) atoms. The fraction of sp³-hybridized carbons (Fsp3) is 0.600. The molecule has 1 aromatic carbocycles. The summed E-state index contributed by atoms with van der Waals surface area (Å²) in [6.07, 6.45) is 1.02. The van der Waals surface area contributed by atoms with E-state index >= 15 is 0 Å². The Balaban J connectivity index is 2.99. The van der Waals surface area contributed by atoms with Crippen molar-refractivity contribution in [2.24, 2.45) is 0 Å². The molecule has 5 heteroatoms. The predicted molar refractivity (Wildman–Crippen MR) is 81.3 cm³/mol. The molecule has 0 aliphatic rings. The molecular weight excluding hydrogens is 274 g/mol. The number of sulfonamides is 1. The Morgan fingerprint density at radius 1 is 1.25 bits per heavy atom. The Kier molecular flexibility index (Phi) is 5.35. The number of benzene rings is 1. The normalized spacial score (nSPS) is 14.6. The van der Waals surface area contributed by atoms with Crippen molar-refractivity contribution in [1.29, 1.82) is 0 Å². The zero-order valence-corrected chi connectivity index (χ0v) is 13.7. The highest BCUT2D eigenvalue weighted by Crippen LogP contribution is 2.22. The second kappa shape index (κ2) is 6.24. The number of nitrogens with zero attached hydrogens (tertiary/aromatic N) is 1. The zero-order chi connectivity index (χ0) is 15.6. The highest BCUT2D eigenvalue weighted by atomic mass is 32.2. The van der Waals surface area contributed by atoms with Crippen LogP contribution in [-0.4, -0.2) is 37.0 Å². The molecule has 1 atom stereocenters. The van der Waals surface area contributed by atoms with Crippen LogP contribution in [0.2, 0.25) is 0 Å². The molecule has 1 unspecified atom stereocenters. The largest absolute Gasteiger partial charge is 0.389 e. The first-order chi connectivity index (χ1) is 9.08. The summed E-state index contributed by atoms with van der Waals surface area (Å²) in [5.74, 6) is 0.417. The number of hydrogen-bond acceptors (Lipinski definition) is 3. The van der Waals surface area contributed by atoms with Crippen LogP contribution in [0.1, 0.15) is 45.6 Å². The second-order valence-corrected chi connectivity index (χ2v) is 8.00. The van der Waals surface area contributed by atoms with Gasteiger partial charge in [-0.05, 0) is 43.9 Å². The molecule has 1 rings (SSSR count). The Morgan fingerprint density at radius 2 is 1.75 bits per heavy atom. The minimum Gasteiger partial charge on any atom is -0.389 e. The van der Waals surface area contributed by atoms with Gasteiger partial charge in [0.1, 0.15) is 0 Å². The van der Waals surface area contributed by atoms with Gasteiger partial charge >= 0.3 is 0 Å². The van der Waals surface area contributed by atoms with Gasteiger partial charge in [0.05, 0.1) is 10.5 Å². The zero-order valence-electron chi connectivity index (χ0n) is 12.9. The van der Waals surface area contributed by atoms with Crippen molar-refractivity contribution < 1.29 is 13.5 Å². The van der Waals surface area contributed by atoms with Crippen LogP contribution in [0.5, 0.6) is 0 Å². The maximum atomic E-state index is 12.4. The van der Waals surface area contributed by atoms with Gasteiger partial charge in [-0.25, -0.2) is 8.42 Å². The van der Waals surface area contributed by atoms with E-state index in [0.717, 1.165) is 12.0 Å². The van der Waals surface area contributed by atoms with E-state index < -0.39 is 15.6 Å². The Bertz CT molecular complexity index is 529. The summed E-state index contributed by atoms with van der Waals surface area (Å²) in [6, 6.07) is 6.99. The summed E-state index contributed by atoms with van der Waals surface area (Å²) in [6.45, 7) is 7.45. The molecule has 0 bridgehead atoms. The van der Waals surface area contributed by atoms with E-state index in [1.165, 1.54) is 11.4 Å². The van der Waals surface area contributed by atoms with Gasteiger partial charge in [0.2, 0.25) is 10.0 Å². The molecule has 0 aliphatic heterocycles. The lowest BCUT2D eigenvalue weighted by molar-refractivity contribution is 0.0640. The fourth-order valence-electron chi connectivity index (χ4n) is 2.01. The first-order valence-electron chi connectivity index (χ1n) is 6.86. The predicted octanol–water partition coefficient (Wildman–Crippen LogP) is 2.59. The van der Waals surface area contributed by atoms with Crippen molar-refractivity contribution in [3.63, 3.8) is 0 Å². The smallest absolute Gasteiger partial charge is 0.242 e. The SMILES string of the molecule is CCC(C)c1ccc(S(=O)(=O)N(C)CC(C)(C)O)cc1. The molecule has 114 valence electrons. The van der Waals surface area contributed by atoms with Gasteiger partial charge in [0.25, 0.3) is 0 Å².